The van der Waals surface area contributed by atoms with E-state index in [1.54, 1.807) is 13.8 Å². The molecular formula is C15H24ClNO3. The van der Waals surface area contributed by atoms with Crippen molar-refractivity contribution in [3.8, 4) is 0 Å². The van der Waals surface area contributed by atoms with Crippen LogP contribution in [0.2, 0.25) is 5.02 Å². The van der Waals surface area contributed by atoms with E-state index in [1.165, 1.54) is 0 Å². The van der Waals surface area contributed by atoms with Gasteiger partial charge in [-0.2, -0.15) is 0 Å². The lowest BCUT2D eigenvalue weighted by Gasteiger charge is -2.27. The molecule has 1 atom stereocenters. The zero-order chi connectivity index (χ0) is 15.2. The number of aliphatic hydroxyl groups is 2. The van der Waals surface area contributed by atoms with Gasteiger partial charge in [-0.1, -0.05) is 29.8 Å². The lowest BCUT2D eigenvalue weighted by molar-refractivity contribution is -0.00570. The molecule has 0 amide bonds. The van der Waals surface area contributed by atoms with Gasteiger partial charge < -0.3 is 19.8 Å². The molecule has 1 unspecified atom stereocenters. The van der Waals surface area contributed by atoms with Crippen LogP contribution in [0.3, 0.4) is 0 Å². The van der Waals surface area contributed by atoms with Gasteiger partial charge in [0.1, 0.15) is 0 Å². The van der Waals surface area contributed by atoms with Gasteiger partial charge in [-0.05, 0) is 32.5 Å². The predicted molar refractivity (Wildman–Crippen MR) is 80.9 cm³/mol. The van der Waals surface area contributed by atoms with Gasteiger partial charge in [0.05, 0.1) is 24.9 Å². The van der Waals surface area contributed by atoms with E-state index in [0.717, 1.165) is 5.56 Å². The van der Waals surface area contributed by atoms with E-state index >= 15 is 0 Å². The molecule has 0 fully saturated rings. The Morgan fingerprint density at radius 3 is 2.60 bits per heavy atom. The third kappa shape index (κ3) is 7.22. The molecule has 0 saturated carbocycles. The normalized spacial score (nSPS) is 13.8. The highest BCUT2D eigenvalue weighted by Gasteiger charge is 2.17. The highest BCUT2D eigenvalue weighted by molar-refractivity contribution is 6.31. The Kier molecular flexibility index (Phi) is 6.92. The van der Waals surface area contributed by atoms with Crippen LogP contribution in [0.5, 0.6) is 0 Å². The molecule has 0 spiro atoms. The molecule has 0 aliphatic carbocycles. The highest BCUT2D eigenvalue weighted by atomic mass is 35.5. The molecule has 0 saturated heterocycles. The van der Waals surface area contributed by atoms with E-state index in [4.69, 9.17) is 16.3 Å². The Labute approximate surface area is 125 Å². The van der Waals surface area contributed by atoms with E-state index in [9.17, 15) is 10.2 Å². The molecule has 1 aromatic carbocycles. The fraction of sp³-hybridized carbons (Fsp3) is 0.600. The molecule has 1 aromatic rings. The summed E-state index contributed by atoms with van der Waals surface area (Å²) in [5.41, 5.74) is 0.138. The number of aliphatic hydroxyl groups excluding tert-OH is 1. The Morgan fingerprint density at radius 2 is 2.00 bits per heavy atom. The maximum atomic E-state index is 9.88. The summed E-state index contributed by atoms with van der Waals surface area (Å²) in [4.78, 5) is 1.88. The van der Waals surface area contributed by atoms with Crippen molar-refractivity contribution in [2.75, 3.05) is 26.7 Å². The van der Waals surface area contributed by atoms with Crippen molar-refractivity contribution in [3.63, 3.8) is 0 Å². The first kappa shape index (κ1) is 17.4. The van der Waals surface area contributed by atoms with E-state index in [2.05, 4.69) is 0 Å². The van der Waals surface area contributed by atoms with Crippen LogP contribution >= 0.6 is 11.6 Å². The molecule has 0 aromatic heterocycles. The van der Waals surface area contributed by atoms with Gasteiger partial charge in [-0.3, -0.25) is 0 Å². The molecule has 0 aliphatic heterocycles. The Bertz CT molecular complexity index is 406. The summed E-state index contributed by atoms with van der Waals surface area (Å²) in [7, 11) is 1.86. The van der Waals surface area contributed by atoms with Crippen molar-refractivity contribution in [2.24, 2.45) is 0 Å². The first-order chi connectivity index (χ1) is 9.28. The van der Waals surface area contributed by atoms with E-state index in [0.29, 0.717) is 24.7 Å². The Hall–Kier alpha value is -0.650. The lowest BCUT2D eigenvalue weighted by atomic mass is 10.1. The van der Waals surface area contributed by atoms with Crippen molar-refractivity contribution in [3.05, 3.63) is 34.9 Å². The second-order valence-corrected chi connectivity index (χ2v) is 6.18. The third-order valence-electron chi connectivity index (χ3n) is 2.70. The van der Waals surface area contributed by atoms with Crippen molar-refractivity contribution in [1.82, 2.24) is 4.90 Å². The average molecular weight is 302 g/mol. The standard InChI is InChI=1S/C15H24ClNO3/c1-15(2,19)11-17(3)8-13(18)10-20-9-12-6-4-5-7-14(12)16/h4-7,13,18-19H,8-11H2,1-3H3. The number of hydrogen-bond donors (Lipinski definition) is 2. The second-order valence-electron chi connectivity index (χ2n) is 5.77. The molecule has 0 radical (unpaired) electrons. The van der Waals surface area contributed by atoms with E-state index < -0.39 is 11.7 Å². The van der Waals surface area contributed by atoms with Crippen molar-refractivity contribution < 1.29 is 14.9 Å². The minimum absolute atomic E-state index is 0.238. The van der Waals surface area contributed by atoms with Gasteiger partial charge in [-0.15, -0.1) is 0 Å². The predicted octanol–water partition coefficient (Wildman–Crippen LogP) is 1.92. The summed E-state index contributed by atoms with van der Waals surface area (Å²) in [5, 5.41) is 20.2. The number of hydrogen-bond acceptors (Lipinski definition) is 4. The molecule has 20 heavy (non-hydrogen) atoms. The first-order valence-electron chi connectivity index (χ1n) is 6.68. The zero-order valence-corrected chi connectivity index (χ0v) is 13.1. The summed E-state index contributed by atoms with van der Waals surface area (Å²) in [6.45, 7) is 5.04. The first-order valence-corrected chi connectivity index (χ1v) is 7.06. The minimum Gasteiger partial charge on any atom is -0.389 e. The van der Waals surface area contributed by atoms with Crippen LogP contribution in [-0.2, 0) is 11.3 Å². The Morgan fingerprint density at radius 1 is 1.35 bits per heavy atom. The van der Waals surface area contributed by atoms with Crippen LogP contribution < -0.4 is 0 Å². The molecule has 114 valence electrons. The summed E-state index contributed by atoms with van der Waals surface area (Å²) in [5.74, 6) is 0. The SMILES string of the molecule is CN(CC(O)COCc1ccccc1Cl)CC(C)(C)O. The van der Waals surface area contributed by atoms with Crippen molar-refractivity contribution in [2.45, 2.75) is 32.2 Å². The topological polar surface area (TPSA) is 52.9 Å². The monoisotopic (exact) mass is 301 g/mol. The van der Waals surface area contributed by atoms with Gasteiger partial charge in [0.15, 0.2) is 0 Å². The van der Waals surface area contributed by atoms with Crippen LogP contribution in [0.1, 0.15) is 19.4 Å². The molecule has 0 bridgehead atoms. The van der Waals surface area contributed by atoms with Gasteiger partial charge in [-0.25, -0.2) is 0 Å². The molecule has 5 heteroatoms. The number of nitrogens with zero attached hydrogens (tertiary/aromatic N) is 1. The van der Waals surface area contributed by atoms with Crippen LogP contribution in [0.25, 0.3) is 0 Å². The van der Waals surface area contributed by atoms with Crippen molar-refractivity contribution in [1.29, 1.82) is 0 Å². The van der Waals surface area contributed by atoms with E-state index in [-0.39, 0.29) is 6.61 Å². The number of benzene rings is 1. The quantitative estimate of drug-likeness (QED) is 0.770. The average Bonchev–Trinajstić information content (AvgIpc) is 2.28. The van der Waals surface area contributed by atoms with Gasteiger partial charge in [0.2, 0.25) is 0 Å². The second kappa shape index (κ2) is 7.96. The molecule has 0 aliphatic rings. The molecule has 1 rings (SSSR count). The molecule has 4 nitrogen and oxygen atoms in total. The maximum absolute atomic E-state index is 9.88. The smallest absolute Gasteiger partial charge is 0.0900 e. The lowest BCUT2D eigenvalue weighted by Crippen LogP contribution is -2.41. The van der Waals surface area contributed by atoms with Gasteiger partial charge in [0, 0.05) is 18.1 Å². The fourth-order valence-corrected chi connectivity index (χ4v) is 2.25. The van der Waals surface area contributed by atoms with Crippen LogP contribution in [0.4, 0.5) is 0 Å². The van der Waals surface area contributed by atoms with E-state index in [1.807, 2.05) is 36.2 Å². The molecule has 0 heterocycles. The maximum Gasteiger partial charge on any atom is 0.0900 e. The van der Waals surface area contributed by atoms with Crippen LogP contribution in [-0.4, -0.2) is 53.6 Å². The minimum atomic E-state index is -0.771. The number of ether oxygens (including phenoxy) is 1. The molecule has 2 N–H and O–H groups in total. The summed E-state index contributed by atoms with van der Waals surface area (Å²) >= 11 is 6.02. The summed E-state index contributed by atoms with van der Waals surface area (Å²) in [6, 6.07) is 7.48. The summed E-state index contributed by atoms with van der Waals surface area (Å²) in [6.07, 6.45) is -0.593. The third-order valence-corrected chi connectivity index (χ3v) is 3.07. The number of rotatable bonds is 8. The highest BCUT2D eigenvalue weighted by Crippen LogP contribution is 2.15. The van der Waals surface area contributed by atoms with Crippen LogP contribution in [0, 0.1) is 0 Å². The van der Waals surface area contributed by atoms with Crippen LogP contribution in [0.15, 0.2) is 24.3 Å². The van der Waals surface area contributed by atoms with Gasteiger partial charge >= 0.3 is 0 Å². The number of halogens is 1. The summed E-state index contributed by atoms with van der Waals surface area (Å²) < 4.78 is 5.47. The number of likely N-dealkylation sites (N-methyl/N-ethyl adjacent to an activating group) is 1. The van der Waals surface area contributed by atoms with Crippen molar-refractivity contribution >= 4 is 11.6 Å². The molecular weight excluding hydrogens is 278 g/mol. The largest absolute Gasteiger partial charge is 0.389 e. The fourth-order valence-electron chi connectivity index (χ4n) is 2.06. The zero-order valence-electron chi connectivity index (χ0n) is 12.3. The van der Waals surface area contributed by atoms with Gasteiger partial charge in [0.25, 0.3) is 0 Å². The Balaban J connectivity index is 2.27.